The largest absolute Gasteiger partial charge is 0.476 e. The number of nitrogens with zero attached hydrogens (tertiary/aromatic N) is 2. The number of rotatable bonds is 2. The highest BCUT2D eigenvalue weighted by Gasteiger charge is 2.09. The van der Waals surface area contributed by atoms with Crippen molar-refractivity contribution in [3.8, 4) is 5.69 Å². The summed E-state index contributed by atoms with van der Waals surface area (Å²) in [6, 6.07) is 7.03. The van der Waals surface area contributed by atoms with E-state index in [1.807, 2.05) is 18.2 Å². The zero-order valence-corrected chi connectivity index (χ0v) is 11.1. The lowest BCUT2D eigenvalue weighted by atomic mass is 10.3. The van der Waals surface area contributed by atoms with E-state index in [1.54, 1.807) is 6.20 Å². The molecule has 0 radical (unpaired) electrons. The van der Waals surface area contributed by atoms with Gasteiger partial charge < -0.3 is 5.11 Å². The summed E-state index contributed by atoms with van der Waals surface area (Å²) in [6.07, 6.45) is 1.61. The van der Waals surface area contributed by atoms with Crippen molar-refractivity contribution in [3.63, 3.8) is 0 Å². The SMILES string of the molecule is O=C(O)c1ccn(-c2ccc(Br)cc2Br)n1. The molecule has 1 aromatic carbocycles. The van der Waals surface area contributed by atoms with Crippen LogP contribution >= 0.6 is 31.9 Å². The Hall–Kier alpha value is -1.14. The maximum atomic E-state index is 10.7. The Morgan fingerprint density at radius 3 is 2.62 bits per heavy atom. The molecule has 0 saturated heterocycles. The predicted octanol–water partition coefficient (Wildman–Crippen LogP) is 3.10. The van der Waals surface area contributed by atoms with Crippen LogP contribution < -0.4 is 0 Å². The molecule has 0 bridgehead atoms. The van der Waals surface area contributed by atoms with Crippen molar-refractivity contribution in [1.29, 1.82) is 0 Å². The maximum absolute atomic E-state index is 10.7. The summed E-state index contributed by atoms with van der Waals surface area (Å²) in [5, 5.41) is 12.7. The first-order chi connectivity index (χ1) is 7.58. The minimum atomic E-state index is -1.04. The van der Waals surface area contributed by atoms with Gasteiger partial charge in [-0.2, -0.15) is 5.10 Å². The molecule has 82 valence electrons. The molecular weight excluding hydrogens is 340 g/mol. The summed E-state index contributed by atoms with van der Waals surface area (Å²) < 4.78 is 3.29. The number of hydrogen-bond donors (Lipinski definition) is 1. The van der Waals surface area contributed by atoms with E-state index in [2.05, 4.69) is 37.0 Å². The molecule has 4 nitrogen and oxygen atoms in total. The first-order valence-corrected chi connectivity index (χ1v) is 5.91. The summed E-state index contributed by atoms with van der Waals surface area (Å²) >= 11 is 6.74. The number of carboxylic acids is 1. The number of aromatic nitrogens is 2. The Morgan fingerprint density at radius 2 is 2.06 bits per heavy atom. The Balaban J connectivity index is 2.46. The van der Waals surface area contributed by atoms with Gasteiger partial charge in [0.15, 0.2) is 5.69 Å². The number of hydrogen-bond acceptors (Lipinski definition) is 2. The molecule has 0 saturated carbocycles. The summed E-state index contributed by atoms with van der Waals surface area (Å²) in [7, 11) is 0. The highest BCUT2D eigenvalue weighted by atomic mass is 79.9. The lowest BCUT2D eigenvalue weighted by Gasteiger charge is -2.04. The van der Waals surface area contributed by atoms with E-state index in [-0.39, 0.29) is 5.69 Å². The van der Waals surface area contributed by atoms with E-state index in [0.717, 1.165) is 14.6 Å². The third-order valence-corrected chi connectivity index (χ3v) is 3.09. The summed E-state index contributed by atoms with van der Waals surface area (Å²) in [6.45, 7) is 0. The van der Waals surface area contributed by atoms with Crippen molar-refractivity contribution >= 4 is 37.8 Å². The zero-order valence-electron chi connectivity index (χ0n) is 7.89. The molecule has 0 atom stereocenters. The van der Waals surface area contributed by atoms with Crippen LogP contribution in [0.5, 0.6) is 0 Å². The van der Waals surface area contributed by atoms with Crippen molar-refractivity contribution in [1.82, 2.24) is 9.78 Å². The quantitative estimate of drug-likeness (QED) is 0.909. The van der Waals surface area contributed by atoms with E-state index in [0.29, 0.717) is 0 Å². The Labute approximate surface area is 108 Å². The van der Waals surface area contributed by atoms with E-state index in [4.69, 9.17) is 5.11 Å². The highest BCUT2D eigenvalue weighted by Crippen LogP contribution is 2.24. The van der Waals surface area contributed by atoms with Gasteiger partial charge in [-0.15, -0.1) is 0 Å². The van der Waals surface area contributed by atoms with Crippen LogP contribution in [0.1, 0.15) is 10.5 Å². The van der Waals surface area contributed by atoms with Crippen LogP contribution in [-0.4, -0.2) is 20.9 Å². The second-order valence-corrected chi connectivity index (χ2v) is 4.82. The number of halogens is 2. The van der Waals surface area contributed by atoms with Crippen LogP contribution in [0.4, 0.5) is 0 Å². The third-order valence-electron chi connectivity index (χ3n) is 1.96. The highest BCUT2D eigenvalue weighted by molar-refractivity contribution is 9.11. The minimum absolute atomic E-state index is 0.0230. The monoisotopic (exact) mass is 344 g/mol. The Bertz CT molecular complexity index is 552. The summed E-state index contributed by atoms with van der Waals surface area (Å²) in [5.41, 5.74) is 0.811. The molecule has 1 heterocycles. The fourth-order valence-electron chi connectivity index (χ4n) is 1.24. The molecule has 1 N–H and O–H groups in total. The van der Waals surface area contributed by atoms with Gasteiger partial charge in [0.1, 0.15) is 0 Å². The van der Waals surface area contributed by atoms with Crippen LogP contribution in [-0.2, 0) is 0 Å². The normalized spacial score (nSPS) is 10.4. The zero-order chi connectivity index (χ0) is 11.7. The molecule has 0 aliphatic carbocycles. The van der Waals surface area contributed by atoms with Crippen LogP contribution in [0.2, 0.25) is 0 Å². The van der Waals surface area contributed by atoms with Crippen molar-refractivity contribution in [3.05, 3.63) is 45.1 Å². The molecule has 1 aromatic heterocycles. The lowest BCUT2D eigenvalue weighted by molar-refractivity contribution is 0.0690. The molecule has 0 fully saturated rings. The number of benzene rings is 1. The van der Waals surface area contributed by atoms with Crippen LogP contribution in [0.3, 0.4) is 0 Å². The molecule has 0 aliphatic heterocycles. The van der Waals surface area contributed by atoms with E-state index in [9.17, 15) is 4.79 Å². The Kier molecular flexibility index (Phi) is 3.11. The Morgan fingerprint density at radius 1 is 1.31 bits per heavy atom. The third kappa shape index (κ3) is 2.17. The van der Waals surface area contributed by atoms with Gasteiger partial charge in [0.2, 0.25) is 0 Å². The van der Waals surface area contributed by atoms with Gasteiger partial charge in [-0.1, -0.05) is 15.9 Å². The van der Waals surface area contributed by atoms with Crippen LogP contribution in [0.25, 0.3) is 5.69 Å². The molecule has 0 amide bonds. The van der Waals surface area contributed by atoms with E-state index >= 15 is 0 Å². The average molecular weight is 346 g/mol. The molecule has 2 rings (SSSR count). The summed E-state index contributed by atoms with van der Waals surface area (Å²) in [4.78, 5) is 10.7. The van der Waals surface area contributed by atoms with Crippen molar-refractivity contribution in [2.45, 2.75) is 0 Å². The first-order valence-electron chi connectivity index (χ1n) is 4.32. The van der Waals surface area contributed by atoms with Gasteiger partial charge in [-0.3, -0.25) is 0 Å². The second kappa shape index (κ2) is 4.39. The van der Waals surface area contributed by atoms with Crippen molar-refractivity contribution < 1.29 is 9.90 Å². The smallest absolute Gasteiger partial charge is 0.356 e. The van der Waals surface area contributed by atoms with Gasteiger partial charge in [0, 0.05) is 15.1 Å². The average Bonchev–Trinajstić information content (AvgIpc) is 2.66. The first kappa shape index (κ1) is 11.3. The van der Waals surface area contributed by atoms with Gasteiger partial charge >= 0.3 is 5.97 Å². The fraction of sp³-hybridized carbons (Fsp3) is 0. The maximum Gasteiger partial charge on any atom is 0.356 e. The molecule has 6 heteroatoms. The molecule has 0 spiro atoms. The van der Waals surface area contributed by atoms with Gasteiger partial charge in [-0.25, -0.2) is 9.48 Å². The van der Waals surface area contributed by atoms with E-state index < -0.39 is 5.97 Å². The molecule has 0 unspecified atom stereocenters. The summed E-state index contributed by atoms with van der Waals surface area (Å²) in [5.74, 6) is -1.04. The molecule has 0 aliphatic rings. The molecule has 2 aromatic rings. The second-order valence-electron chi connectivity index (χ2n) is 3.05. The van der Waals surface area contributed by atoms with Crippen molar-refractivity contribution in [2.24, 2.45) is 0 Å². The van der Waals surface area contributed by atoms with Gasteiger partial charge in [0.25, 0.3) is 0 Å². The van der Waals surface area contributed by atoms with Crippen LogP contribution in [0.15, 0.2) is 39.4 Å². The molecule has 16 heavy (non-hydrogen) atoms. The fourth-order valence-corrected chi connectivity index (χ4v) is 2.47. The number of carbonyl (C=O) groups is 1. The standard InChI is InChI=1S/C10H6Br2N2O2/c11-6-1-2-9(7(12)5-6)14-4-3-8(13-14)10(15)16/h1-5H,(H,15,16). The number of carboxylic acid groups (broad SMARTS) is 1. The minimum Gasteiger partial charge on any atom is -0.476 e. The van der Waals surface area contributed by atoms with E-state index in [1.165, 1.54) is 10.7 Å². The van der Waals surface area contributed by atoms with Crippen LogP contribution in [0, 0.1) is 0 Å². The predicted molar refractivity (Wildman–Crippen MR) is 65.9 cm³/mol. The van der Waals surface area contributed by atoms with Gasteiger partial charge in [-0.05, 0) is 40.2 Å². The topological polar surface area (TPSA) is 55.1 Å². The van der Waals surface area contributed by atoms with Gasteiger partial charge in [0.05, 0.1) is 5.69 Å². The lowest BCUT2D eigenvalue weighted by Crippen LogP contribution is -2.01. The number of aromatic carboxylic acids is 1. The van der Waals surface area contributed by atoms with Crippen molar-refractivity contribution in [2.75, 3.05) is 0 Å². The molecular formula is C10H6Br2N2O2.